The van der Waals surface area contributed by atoms with Crippen LogP contribution in [-0.2, 0) is 0 Å². The molecule has 0 bridgehead atoms. The Hall–Kier alpha value is -3.70. The van der Waals surface area contributed by atoms with Crippen LogP contribution in [-0.4, -0.2) is 59.1 Å². The Balaban J connectivity index is 1.47. The molecular formula is C25H25F2N7OS. The van der Waals surface area contributed by atoms with Crippen LogP contribution in [0, 0.1) is 11.8 Å². The summed E-state index contributed by atoms with van der Waals surface area (Å²) in [5, 5.41) is 9.91. The van der Waals surface area contributed by atoms with Gasteiger partial charge in [0.15, 0.2) is 5.82 Å². The molecule has 0 spiro atoms. The standard InChI is InChI=1S/C25H25F2N7OS/c1-14(28-2)18-12-31-21(27)11-17(18)16-5-3-4-15-10-20(36-23(15)16)22-19(26)13-32-24(33-22)29-6-8-34-9-7-30-25(34)35/h3-5,10-14,28H,6-9H2,1-2H3,(H,30,35)(H,29,32,33)/t14-/m0/s1. The third kappa shape index (κ3) is 4.71. The van der Waals surface area contributed by atoms with Gasteiger partial charge in [0, 0.05) is 54.7 Å². The second-order valence-electron chi connectivity index (χ2n) is 8.48. The van der Waals surface area contributed by atoms with Gasteiger partial charge in [-0.2, -0.15) is 4.39 Å². The molecule has 1 saturated heterocycles. The molecule has 186 valence electrons. The molecule has 0 saturated carbocycles. The molecule has 3 N–H and O–H groups in total. The highest BCUT2D eigenvalue weighted by atomic mass is 32.1. The Labute approximate surface area is 210 Å². The zero-order valence-corrected chi connectivity index (χ0v) is 20.6. The number of nitrogens with one attached hydrogen (secondary N) is 3. The lowest BCUT2D eigenvalue weighted by Crippen LogP contribution is -2.32. The lowest BCUT2D eigenvalue weighted by molar-refractivity contribution is 0.219. The Bertz CT molecular complexity index is 1430. The van der Waals surface area contributed by atoms with E-state index in [1.807, 2.05) is 38.2 Å². The van der Waals surface area contributed by atoms with E-state index in [4.69, 9.17) is 0 Å². The van der Waals surface area contributed by atoms with Crippen LogP contribution in [0.3, 0.4) is 0 Å². The third-order valence-electron chi connectivity index (χ3n) is 6.22. The van der Waals surface area contributed by atoms with Crippen LogP contribution in [0.25, 0.3) is 31.8 Å². The fourth-order valence-corrected chi connectivity index (χ4v) is 5.40. The van der Waals surface area contributed by atoms with Crippen LogP contribution in [0.5, 0.6) is 0 Å². The average Bonchev–Trinajstić information content (AvgIpc) is 3.50. The van der Waals surface area contributed by atoms with Crippen molar-refractivity contribution in [1.29, 1.82) is 0 Å². The SMILES string of the molecule is CN[C@@H](C)c1cnc(F)cc1-c1cccc2cc(-c3nc(NCCN4CCNC4=O)ncc3F)sc12. The summed E-state index contributed by atoms with van der Waals surface area (Å²) in [4.78, 5) is 26.3. The summed E-state index contributed by atoms with van der Waals surface area (Å²) in [5.41, 5.74) is 2.63. The van der Waals surface area contributed by atoms with Crippen LogP contribution in [0.4, 0.5) is 19.5 Å². The maximum atomic E-state index is 14.8. The number of nitrogens with zero attached hydrogens (tertiary/aromatic N) is 4. The molecule has 1 aliphatic heterocycles. The second-order valence-corrected chi connectivity index (χ2v) is 9.53. The molecule has 36 heavy (non-hydrogen) atoms. The summed E-state index contributed by atoms with van der Waals surface area (Å²) in [5.74, 6) is -0.813. The Morgan fingerprint density at radius 3 is 2.83 bits per heavy atom. The number of thiophene rings is 1. The smallest absolute Gasteiger partial charge is 0.317 e. The predicted molar refractivity (Wildman–Crippen MR) is 137 cm³/mol. The Morgan fingerprint density at radius 2 is 2.06 bits per heavy atom. The van der Waals surface area contributed by atoms with Crippen molar-refractivity contribution in [1.82, 2.24) is 30.5 Å². The van der Waals surface area contributed by atoms with E-state index in [0.717, 1.165) is 33.0 Å². The molecule has 11 heteroatoms. The number of pyridine rings is 1. The van der Waals surface area contributed by atoms with Crippen LogP contribution in [0.1, 0.15) is 18.5 Å². The van der Waals surface area contributed by atoms with Gasteiger partial charge in [-0.05, 0) is 36.6 Å². The molecule has 5 rings (SSSR count). The molecule has 1 atom stereocenters. The number of urea groups is 1. The summed E-state index contributed by atoms with van der Waals surface area (Å²) in [6.45, 7) is 4.19. The second kappa shape index (κ2) is 10.1. The monoisotopic (exact) mass is 509 g/mol. The number of aromatic nitrogens is 3. The number of carbonyl (C=O) groups excluding carboxylic acids is 1. The van der Waals surface area contributed by atoms with Gasteiger partial charge in [-0.15, -0.1) is 11.3 Å². The number of fused-ring (bicyclic) bond motifs is 1. The highest BCUT2D eigenvalue weighted by Gasteiger charge is 2.20. The summed E-state index contributed by atoms with van der Waals surface area (Å²) >= 11 is 1.39. The van der Waals surface area contributed by atoms with E-state index in [2.05, 4.69) is 30.9 Å². The molecule has 4 aromatic rings. The van der Waals surface area contributed by atoms with Gasteiger partial charge in [-0.25, -0.2) is 24.1 Å². The minimum absolute atomic E-state index is 0.0395. The van der Waals surface area contributed by atoms with E-state index in [1.165, 1.54) is 17.4 Å². The van der Waals surface area contributed by atoms with Crippen molar-refractivity contribution in [3.63, 3.8) is 0 Å². The summed E-state index contributed by atoms with van der Waals surface area (Å²) in [7, 11) is 1.84. The number of halogens is 2. The van der Waals surface area contributed by atoms with E-state index < -0.39 is 11.8 Å². The number of amides is 2. The van der Waals surface area contributed by atoms with Gasteiger partial charge in [-0.3, -0.25) is 0 Å². The van der Waals surface area contributed by atoms with Crippen LogP contribution >= 0.6 is 11.3 Å². The van der Waals surface area contributed by atoms with Gasteiger partial charge in [-0.1, -0.05) is 18.2 Å². The molecule has 2 amide bonds. The van der Waals surface area contributed by atoms with Gasteiger partial charge >= 0.3 is 6.03 Å². The largest absolute Gasteiger partial charge is 0.352 e. The number of rotatable bonds is 8. The van der Waals surface area contributed by atoms with Gasteiger partial charge in [0.2, 0.25) is 11.9 Å². The van der Waals surface area contributed by atoms with Gasteiger partial charge in [0.25, 0.3) is 0 Å². The number of hydrogen-bond donors (Lipinski definition) is 3. The number of anilines is 1. The fourth-order valence-electron chi connectivity index (χ4n) is 4.22. The summed E-state index contributed by atoms with van der Waals surface area (Å²) < 4.78 is 29.9. The van der Waals surface area contributed by atoms with Crippen molar-refractivity contribution >= 4 is 33.4 Å². The molecular weight excluding hydrogens is 484 g/mol. The molecule has 3 aromatic heterocycles. The summed E-state index contributed by atoms with van der Waals surface area (Å²) in [6.07, 6.45) is 2.69. The van der Waals surface area contributed by atoms with Crippen molar-refractivity contribution < 1.29 is 13.6 Å². The van der Waals surface area contributed by atoms with Gasteiger partial charge in [0.1, 0.15) is 5.69 Å². The summed E-state index contributed by atoms with van der Waals surface area (Å²) in [6, 6.07) is 8.95. The predicted octanol–water partition coefficient (Wildman–Crippen LogP) is 4.42. The van der Waals surface area contributed by atoms with Crippen LogP contribution < -0.4 is 16.0 Å². The minimum Gasteiger partial charge on any atom is -0.352 e. The van der Waals surface area contributed by atoms with Crippen LogP contribution in [0.2, 0.25) is 0 Å². The first-order chi connectivity index (χ1) is 17.4. The first-order valence-electron chi connectivity index (χ1n) is 11.6. The first-order valence-corrected chi connectivity index (χ1v) is 12.4. The zero-order chi connectivity index (χ0) is 25.2. The molecule has 4 heterocycles. The Morgan fingerprint density at radius 1 is 1.19 bits per heavy atom. The third-order valence-corrected chi connectivity index (χ3v) is 7.41. The maximum Gasteiger partial charge on any atom is 0.317 e. The first kappa shape index (κ1) is 24.0. The maximum absolute atomic E-state index is 14.8. The molecule has 0 unspecified atom stereocenters. The fraction of sp³-hybridized carbons (Fsp3) is 0.280. The molecule has 0 aliphatic carbocycles. The normalized spacial score (nSPS) is 14.3. The number of carbonyl (C=O) groups is 1. The van der Waals surface area contributed by atoms with Crippen molar-refractivity contribution in [3.8, 4) is 21.7 Å². The Kier molecular flexibility index (Phi) is 6.75. The van der Waals surface area contributed by atoms with E-state index in [9.17, 15) is 13.6 Å². The van der Waals surface area contributed by atoms with Crippen molar-refractivity contribution in [2.45, 2.75) is 13.0 Å². The highest BCUT2D eigenvalue weighted by molar-refractivity contribution is 7.22. The molecule has 8 nitrogen and oxygen atoms in total. The van der Waals surface area contributed by atoms with E-state index in [0.29, 0.717) is 31.1 Å². The molecule has 1 aliphatic rings. The van der Waals surface area contributed by atoms with E-state index in [-0.39, 0.29) is 23.7 Å². The van der Waals surface area contributed by atoms with Crippen molar-refractivity contribution in [3.05, 3.63) is 60.1 Å². The van der Waals surface area contributed by atoms with Gasteiger partial charge in [0.05, 0.1) is 11.1 Å². The highest BCUT2D eigenvalue weighted by Crippen LogP contribution is 2.41. The zero-order valence-electron chi connectivity index (χ0n) is 19.8. The molecule has 1 fully saturated rings. The van der Waals surface area contributed by atoms with Gasteiger partial charge < -0.3 is 20.9 Å². The molecule has 0 radical (unpaired) electrons. The van der Waals surface area contributed by atoms with Crippen molar-refractivity contribution in [2.24, 2.45) is 0 Å². The topological polar surface area (TPSA) is 95.1 Å². The van der Waals surface area contributed by atoms with E-state index >= 15 is 0 Å². The lowest BCUT2D eigenvalue weighted by Gasteiger charge is -2.16. The lowest BCUT2D eigenvalue weighted by atomic mass is 9.97. The number of benzene rings is 1. The minimum atomic E-state index is -0.560. The van der Waals surface area contributed by atoms with E-state index in [1.54, 1.807) is 11.1 Å². The average molecular weight is 510 g/mol. The van der Waals surface area contributed by atoms with Crippen LogP contribution in [0.15, 0.2) is 42.7 Å². The van der Waals surface area contributed by atoms with Crippen molar-refractivity contribution in [2.75, 3.05) is 38.5 Å². The number of hydrogen-bond acceptors (Lipinski definition) is 7. The molecule has 1 aromatic carbocycles. The quantitative estimate of drug-likeness (QED) is 0.305.